The van der Waals surface area contributed by atoms with Crippen LogP contribution < -0.4 is 10.6 Å². The summed E-state index contributed by atoms with van der Waals surface area (Å²) in [5.41, 5.74) is -0.603. The van der Waals surface area contributed by atoms with Gasteiger partial charge in [-0.15, -0.1) is 0 Å². The molecule has 1 aliphatic heterocycles. The molecule has 19 heavy (non-hydrogen) atoms. The molecule has 3 N–H and O–H groups in total. The highest BCUT2D eigenvalue weighted by atomic mass is 16.4. The first kappa shape index (κ1) is 15.9. The number of carboxylic acid groups (broad SMARTS) is 1. The third-order valence-corrected chi connectivity index (χ3v) is 3.71. The quantitative estimate of drug-likeness (QED) is 0.635. The third-order valence-electron chi connectivity index (χ3n) is 3.71. The zero-order valence-electron chi connectivity index (χ0n) is 12.0. The van der Waals surface area contributed by atoms with E-state index in [2.05, 4.69) is 15.5 Å². The average molecular weight is 271 g/mol. The summed E-state index contributed by atoms with van der Waals surface area (Å²) >= 11 is 0. The van der Waals surface area contributed by atoms with Gasteiger partial charge < -0.3 is 15.7 Å². The van der Waals surface area contributed by atoms with Gasteiger partial charge in [0.05, 0.1) is 12.0 Å². The number of amides is 1. The van der Waals surface area contributed by atoms with Crippen molar-refractivity contribution in [2.45, 2.75) is 45.2 Å². The summed E-state index contributed by atoms with van der Waals surface area (Å²) in [5, 5.41) is 14.9. The molecule has 1 atom stereocenters. The van der Waals surface area contributed by atoms with Gasteiger partial charge >= 0.3 is 5.97 Å². The summed E-state index contributed by atoms with van der Waals surface area (Å²) in [7, 11) is 0. The number of hydrogen-bond acceptors (Lipinski definition) is 4. The fourth-order valence-electron chi connectivity index (χ4n) is 2.24. The Morgan fingerprint density at radius 3 is 2.42 bits per heavy atom. The molecule has 0 aromatic heterocycles. The predicted octanol–water partition coefficient (Wildman–Crippen LogP) is 0.0397. The second-order valence-corrected chi connectivity index (χ2v) is 5.47. The Balaban J connectivity index is 2.60. The van der Waals surface area contributed by atoms with Crippen molar-refractivity contribution in [3.05, 3.63) is 0 Å². The highest BCUT2D eigenvalue weighted by Gasteiger charge is 2.36. The SMILES string of the molecule is CCC(CC(=O)O)NC(=O)C(C)(C)N1CCNCC1. The molecule has 1 unspecified atom stereocenters. The molecule has 0 bridgehead atoms. The number of piperazine rings is 1. The molecule has 1 fully saturated rings. The van der Waals surface area contributed by atoms with Gasteiger partial charge in [0, 0.05) is 32.2 Å². The Labute approximate surface area is 114 Å². The number of nitrogens with one attached hydrogen (secondary N) is 2. The zero-order chi connectivity index (χ0) is 14.5. The van der Waals surface area contributed by atoms with Crippen LogP contribution in [0.4, 0.5) is 0 Å². The minimum atomic E-state index is -0.882. The number of carbonyl (C=O) groups excluding carboxylic acids is 1. The minimum Gasteiger partial charge on any atom is -0.481 e. The zero-order valence-corrected chi connectivity index (χ0v) is 12.0. The van der Waals surface area contributed by atoms with Gasteiger partial charge in [-0.05, 0) is 20.3 Å². The van der Waals surface area contributed by atoms with Gasteiger partial charge in [-0.1, -0.05) is 6.92 Å². The van der Waals surface area contributed by atoms with E-state index in [4.69, 9.17) is 5.11 Å². The van der Waals surface area contributed by atoms with E-state index in [1.165, 1.54) is 0 Å². The molecule has 0 spiro atoms. The van der Waals surface area contributed by atoms with Crippen molar-refractivity contribution in [3.8, 4) is 0 Å². The summed E-state index contributed by atoms with van der Waals surface area (Å²) in [6.07, 6.45) is 0.593. The van der Waals surface area contributed by atoms with E-state index in [-0.39, 0.29) is 18.4 Å². The van der Waals surface area contributed by atoms with Crippen LogP contribution in [-0.2, 0) is 9.59 Å². The standard InChI is InChI=1S/C13H25N3O3/c1-4-10(9-11(17)18)15-12(19)13(2,3)16-7-5-14-6-8-16/h10,14H,4-9H2,1-3H3,(H,15,19)(H,17,18). The number of hydrogen-bond donors (Lipinski definition) is 3. The number of nitrogens with zero attached hydrogens (tertiary/aromatic N) is 1. The molecule has 0 aromatic rings. The van der Waals surface area contributed by atoms with E-state index >= 15 is 0 Å². The highest BCUT2D eigenvalue weighted by molar-refractivity contribution is 5.86. The molecule has 1 aliphatic rings. The van der Waals surface area contributed by atoms with Crippen LogP contribution in [0.2, 0.25) is 0 Å². The van der Waals surface area contributed by atoms with Crippen LogP contribution in [0.5, 0.6) is 0 Å². The predicted molar refractivity (Wildman–Crippen MR) is 73.0 cm³/mol. The van der Waals surface area contributed by atoms with E-state index < -0.39 is 11.5 Å². The maximum absolute atomic E-state index is 12.3. The smallest absolute Gasteiger partial charge is 0.305 e. The summed E-state index contributed by atoms with van der Waals surface area (Å²) in [6, 6.07) is -0.299. The van der Waals surface area contributed by atoms with Crippen molar-refractivity contribution >= 4 is 11.9 Å². The van der Waals surface area contributed by atoms with Crippen molar-refractivity contribution in [2.24, 2.45) is 0 Å². The molecule has 1 amide bonds. The Bertz CT molecular complexity index is 325. The summed E-state index contributed by atoms with van der Waals surface area (Å²) < 4.78 is 0. The van der Waals surface area contributed by atoms with E-state index in [0.717, 1.165) is 26.2 Å². The minimum absolute atomic E-state index is 0.0279. The normalized spacial score (nSPS) is 18.9. The fourth-order valence-corrected chi connectivity index (χ4v) is 2.24. The monoisotopic (exact) mass is 271 g/mol. The molecule has 1 saturated heterocycles. The molecule has 0 radical (unpaired) electrons. The maximum atomic E-state index is 12.3. The molecule has 1 rings (SSSR count). The molecule has 6 nitrogen and oxygen atoms in total. The molecule has 0 aliphatic carbocycles. The average Bonchev–Trinajstić information content (AvgIpc) is 2.38. The van der Waals surface area contributed by atoms with E-state index in [1.54, 1.807) is 0 Å². The van der Waals surface area contributed by atoms with Crippen molar-refractivity contribution in [3.63, 3.8) is 0 Å². The first-order valence-corrected chi connectivity index (χ1v) is 6.86. The molecule has 6 heteroatoms. The number of carbonyl (C=O) groups is 2. The van der Waals surface area contributed by atoms with Crippen molar-refractivity contribution in [1.29, 1.82) is 0 Å². The van der Waals surface area contributed by atoms with Crippen molar-refractivity contribution < 1.29 is 14.7 Å². The molecule has 0 saturated carbocycles. The fraction of sp³-hybridized carbons (Fsp3) is 0.846. The molecular weight excluding hydrogens is 246 g/mol. The van der Waals surface area contributed by atoms with Gasteiger partial charge in [-0.2, -0.15) is 0 Å². The number of rotatable bonds is 6. The van der Waals surface area contributed by atoms with Gasteiger partial charge in [0.1, 0.15) is 0 Å². The number of carboxylic acids is 1. The Hall–Kier alpha value is -1.14. The molecular formula is C13H25N3O3. The van der Waals surface area contributed by atoms with Crippen LogP contribution in [-0.4, -0.2) is 59.6 Å². The first-order valence-electron chi connectivity index (χ1n) is 6.86. The lowest BCUT2D eigenvalue weighted by Gasteiger charge is -2.40. The lowest BCUT2D eigenvalue weighted by Crippen LogP contribution is -2.61. The van der Waals surface area contributed by atoms with Crippen LogP contribution in [0.25, 0.3) is 0 Å². The Morgan fingerprint density at radius 2 is 1.95 bits per heavy atom. The molecule has 1 heterocycles. The van der Waals surface area contributed by atoms with Crippen LogP contribution in [0.3, 0.4) is 0 Å². The Kier molecular flexibility index (Phi) is 5.75. The summed E-state index contributed by atoms with van der Waals surface area (Å²) in [6.45, 7) is 9.08. The van der Waals surface area contributed by atoms with E-state index in [9.17, 15) is 9.59 Å². The van der Waals surface area contributed by atoms with Gasteiger partial charge in [0.2, 0.25) is 5.91 Å². The lowest BCUT2D eigenvalue weighted by atomic mass is 9.99. The van der Waals surface area contributed by atoms with Gasteiger partial charge in [0.15, 0.2) is 0 Å². The maximum Gasteiger partial charge on any atom is 0.305 e. The van der Waals surface area contributed by atoms with E-state index in [0.29, 0.717) is 6.42 Å². The number of aliphatic carboxylic acids is 1. The third kappa shape index (κ3) is 4.47. The van der Waals surface area contributed by atoms with Crippen LogP contribution >= 0.6 is 0 Å². The largest absolute Gasteiger partial charge is 0.481 e. The molecule has 0 aromatic carbocycles. The Morgan fingerprint density at radius 1 is 1.37 bits per heavy atom. The van der Waals surface area contributed by atoms with Crippen LogP contribution in [0, 0.1) is 0 Å². The second-order valence-electron chi connectivity index (χ2n) is 5.47. The summed E-state index contributed by atoms with van der Waals surface area (Å²) in [4.78, 5) is 25.2. The van der Waals surface area contributed by atoms with Gasteiger partial charge in [-0.25, -0.2) is 0 Å². The van der Waals surface area contributed by atoms with Gasteiger partial charge in [-0.3, -0.25) is 14.5 Å². The van der Waals surface area contributed by atoms with Crippen molar-refractivity contribution in [1.82, 2.24) is 15.5 Å². The molecule has 110 valence electrons. The van der Waals surface area contributed by atoms with Crippen LogP contribution in [0.15, 0.2) is 0 Å². The van der Waals surface area contributed by atoms with E-state index in [1.807, 2.05) is 20.8 Å². The summed E-state index contributed by atoms with van der Waals surface area (Å²) in [5.74, 6) is -0.977. The van der Waals surface area contributed by atoms with Gasteiger partial charge in [0.25, 0.3) is 0 Å². The van der Waals surface area contributed by atoms with Crippen molar-refractivity contribution in [2.75, 3.05) is 26.2 Å². The first-order chi connectivity index (χ1) is 8.87. The highest BCUT2D eigenvalue weighted by Crippen LogP contribution is 2.16. The topological polar surface area (TPSA) is 81.7 Å². The second kappa shape index (κ2) is 6.86. The van der Waals surface area contributed by atoms with Crippen LogP contribution in [0.1, 0.15) is 33.6 Å². The lowest BCUT2D eigenvalue weighted by molar-refractivity contribution is -0.138.